The van der Waals surface area contributed by atoms with Crippen LogP contribution in [-0.4, -0.2) is 16.2 Å². The zero-order valence-electron chi connectivity index (χ0n) is 11.0. The number of aromatic nitrogens is 2. The Morgan fingerprint density at radius 1 is 1.42 bits per heavy atom. The molecule has 0 amide bonds. The summed E-state index contributed by atoms with van der Waals surface area (Å²) in [5, 5.41) is 9.01. The van der Waals surface area contributed by atoms with Crippen molar-refractivity contribution in [3.8, 4) is 17.8 Å². The Balaban J connectivity index is 2.33. The average Bonchev–Trinajstić information content (AvgIpc) is 2.86. The standard InChI is InChI=1S/C14H16N4O/c1-10(2)9-19-14-12(16)5-6-13(17-14)18-7-3-4-11(18)8-15/h3-7,10H,9,16H2,1-2H3. The van der Waals surface area contributed by atoms with Crippen LogP contribution in [0.3, 0.4) is 0 Å². The predicted octanol–water partition coefficient (Wildman–Crippen LogP) is 2.36. The third kappa shape index (κ3) is 2.86. The third-order valence-electron chi connectivity index (χ3n) is 2.54. The summed E-state index contributed by atoms with van der Waals surface area (Å²) in [6, 6.07) is 9.13. The van der Waals surface area contributed by atoms with Gasteiger partial charge in [0, 0.05) is 6.20 Å². The van der Waals surface area contributed by atoms with Gasteiger partial charge >= 0.3 is 0 Å². The molecule has 5 heteroatoms. The summed E-state index contributed by atoms with van der Waals surface area (Å²) in [5.41, 5.74) is 6.85. The Labute approximate surface area is 112 Å². The van der Waals surface area contributed by atoms with E-state index in [1.807, 2.05) is 0 Å². The van der Waals surface area contributed by atoms with Crippen LogP contribution < -0.4 is 10.5 Å². The summed E-state index contributed by atoms with van der Waals surface area (Å²) in [4.78, 5) is 4.36. The van der Waals surface area contributed by atoms with Gasteiger partial charge in [0.05, 0.1) is 12.3 Å². The molecule has 0 bridgehead atoms. The Bertz CT molecular complexity index is 610. The highest BCUT2D eigenvalue weighted by Crippen LogP contribution is 2.21. The second kappa shape index (κ2) is 5.44. The highest BCUT2D eigenvalue weighted by molar-refractivity contribution is 5.51. The molecule has 0 unspecified atom stereocenters. The van der Waals surface area contributed by atoms with Crippen LogP contribution in [0.2, 0.25) is 0 Å². The fourth-order valence-corrected chi connectivity index (χ4v) is 1.61. The normalized spacial score (nSPS) is 10.4. The van der Waals surface area contributed by atoms with E-state index in [1.54, 1.807) is 35.0 Å². The highest BCUT2D eigenvalue weighted by Gasteiger charge is 2.09. The van der Waals surface area contributed by atoms with Gasteiger partial charge in [0.1, 0.15) is 17.6 Å². The summed E-state index contributed by atoms with van der Waals surface area (Å²) in [6.45, 7) is 4.66. The maximum atomic E-state index is 9.01. The van der Waals surface area contributed by atoms with Crippen molar-refractivity contribution in [2.24, 2.45) is 5.92 Å². The Kier molecular flexibility index (Phi) is 3.71. The second-order valence-electron chi connectivity index (χ2n) is 4.64. The molecule has 0 spiro atoms. The first-order valence-corrected chi connectivity index (χ1v) is 6.09. The van der Waals surface area contributed by atoms with Crippen LogP contribution >= 0.6 is 0 Å². The number of anilines is 1. The molecular weight excluding hydrogens is 240 g/mol. The van der Waals surface area contributed by atoms with Crippen LogP contribution in [0.1, 0.15) is 19.5 Å². The van der Waals surface area contributed by atoms with Gasteiger partial charge in [0.25, 0.3) is 0 Å². The molecule has 2 aromatic heterocycles. The molecular formula is C14H16N4O. The number of nitrogens with two attached hydrogens (primary N) is 1. The van der Waals surface area contributed by atoms with Crippen molar-refractivity contribution in [1.82, 2.24) is 9.55 Å². The molecule has 0 fully saturated rings. The maximum Gasteiger partial charge on any atom is 0.239 e. The van der Waals surface area contributed by atoms with Gasteiger partial charge in [-0.2, -0.15) is 10.2 Å². The monoisotopic (exact) mass is 256 g/mol. The highest BCUT2D eigenvalue weighted by atomic mass is 16.5. The number of ether oxygens (including phenoxy) is 1. The van der Waals surface area contributed by atoms with E-state index in [9.17, 15) is 0 Å². The van der Waals surface area contributed by atoms with Crippen molar-refractivity contribution in [2.45, 2.75) is 13.8 Å². The van der Waals surface area contributed by atoms with E-state index in [0.717, 1.165) is 0 Å². The number of rotatable bonds is 4. The molecule has 98 valence electrons. The minimum atomic E-state index is 0.395. The fraction of sp³-hybridized carbons (Fsp3) is 0.286. The maximum absolute atomic E-state index is 9.01. The Morgan fingerprint density at radius 2 is 2.21 bits per heavy atom. The Morgan fingerprint density at radius 3 is 2.89 bits per heavy atom. The molecule has 2 N–H and O–H groups in total. The summed E-state index contributed by atoms with van der Waals surface area (Å²) in [7, 11) is 0. The SMILES string of the molecule is CC(C)COc1nc(-n2cccc2C#N)ccc1N. The van der Waals surface area contributed by atoms with Crippen molar-refractivity contribution in [2.75, 3.05) is 12.3 Å². The van der Waals surface area contributed by atoms with Gasteiger partial charge in [-0.15, -0.1) is 0 Å². The van der Waals surface area contributed by atoms with Gasteiger partial charge in [0.2, 0.25) is 5.88 Å². The molecule has 2 aromatic rings. The van der Waals surface area contributed by atoms with Crippen LogP contribution in [0.25, 0.3) is 5.82 Å². The van der Waals surface area contributed by atoms with Gasteiger partial charge in [-0.3, -0.25) is 4.57 Å². The van der Waals surface area contributed by atoms with Crippen molar-refractivity contribution in [3.63, 3.8) is 0 Å². The van der Waals surface area contributed by atoms with Gasteiger partial charge in [-0.05, 0) is 30.2 Å². The number of nitrogen functional groups attached to an aromatic ring is 1. The smallest absolute Gasteiger partial charge is 0.239 e. The lowest BCUT2D eigenvalue weighted by atomic mass is 10.2. The molecule has 0 aliphatic rings. The number of nitriles is 1. The third-order valence-corrected chi connectivity index (χ3v) is 2.54. The molecule has 5 nitrogen and oxygen atoms in total. The second-order valence-corrected chi connectivity index (χ2v) is 4.64. The number of pyridine rings is 1. The molecule has 2 rings (SSSR count). The Hall–Kier alpha value is -2.48. The van der Waals surface area contributed by atoms with Crippen LogP contribution in [0.5, 0.6) is 5.88 Å². The van der Waals surface area contributed by atoms with Crippen LogP contribution in [0, 0.1) is 17.2 Å². The molecule has 0 aromatic carbocycles. The lowest BCUT2D eigenvalue weighted by molar-refractivity contribution is 0.263. The van der Waals surface area contributed by atoms with E-state index in [4.69, 9.17) is 15.7 Å². The van der Waals surface area contributed by atoms with Crippen LogP contribution in [-0.2, 0) is 0 Å². The molecule has 0 saturated heterocycles. The molecule has 2 heterocycles. The fourth-order valence-electron chi connectivity index (χ4n) is 1.61. The van der Waals surface area contributed by atoms with Gasteiger partial charge in [-0.1, -0.05) is 13.8 Å². The predicted molar refractivity (Wildman–Crippen MR) is 73.0 cm³/mol. The van der Waals surface area contributed by atoms with Crippen molar-refractivity contribution < 1.29 is 4.74 Å². The number of hydrogen-bond acceptors (Lipinski definition) is 4. The molecule has 0 aliphatic heterocycles. The summed E-state index contributed by atoms with van der Waals surface area (Å²) in [5.74, 6) is 1.42. The molecule has 19 heavy (non-hydrogen) atoms. The number of nitrogens with zero attached hydrogens (tertiary/aromatic N) is 3. The summed E-state index contributed by atoms with van der Waals surface area (Å²) < 4.78 is 7.27. The molecule has 0 atom stereocenters. The van der Waals surface area contributed by atoms with Gasteiger partial charge in [-0.25, -0.2) is 0 Å². The minimum Gasteiger partial charge on any atom is -0.476 e. The largest absolute Gasteiger partial charge is 0.476 e. The first-order valence-electron chi connectivity index (χ1n) is 6.09. The van der Waals surface area contributed by atoms with Crippen molar-refractivity contribution >= 4 is 5.69 Å². The summed E-state index contributed by atoms with van der Waals surface area (Å²) in [6.07, 6.45) is 1.78. The van der Waals surface area contributed by atoms with E-state index in [2.05, 4.69) is 24.9 Å². The van der Waals surface area contributed by atoms with E-state index < -0.39 is 0 Å². The van der Waals surface area contributed by atoms with E-state index >= 15 is 0 Å². The first kappa shape index (κ1) is 13.0. The molecule has 0 aliphatic carbocycles. The van der Waals surface area contributed by atoms with Gasteiger partial charge in [0.15, 0.2) is 0 Å². The van der Waals surface area contributed by atoms with Gasteiger partial charge < -0.3 is 10.5 Å². The lowest BCUT2D eigenvalue weighted by Crippen LogP contribution is -2.09. The zero-order valence-corrected chi connectivity index (χ0v) is 11.0. The van der Waals surface area contributed by atoms with Crippen LogP contribution in [0.4, 0.5) is 5.69 Å². The van der Waals surface area contributed by atoms with E-state index in [-0.39, 0.29) is 0 Å². The summed E-state index contributed by atoms with van der Waals surface area (Å²) >= 11 is 0. The van der Waals surface area contributed by atoms with E-state index in [1.165, 1.54) is 0 Å². The van der Waals surface area contributed by atoms with E-state index in [0.29, 0.717) is 35.6 Å². The average molecular weight is 256 g/mol. The number of hydrogen-bond donors (Lipinski definition) is 1. The van der Waals surface area contributed by atoms with Crippen molar-refractivity contribution in [3.05, 3.63) is 36.2 Å². The lowest BCUT2D eigenvalue weighted by Gasteiger charge is -2.12. The first-order chi connectivity index (χ1) is 9.11. The zero-order chi connectivity index (χ0) is 13.8. The topological polar surface area (TPSA) is 76.9 Å². The quantitative estimate of drug-likeness (QED) is 0.911. The molecule has 0 saturated carbocycles. The van der Waals surface area contributed by atoms with Crippen LogP contribution in [0.15, 0.2) is 30.5 Å². The molecule has 0 radical (unpaired) electrons. The minimum absolute atomic E-state index is 0.395. The van der Waals surface area contributed by atoms with Crippen molar-refractivity contribution in [1.29, 1.82) is 5.26 Å².